The van der Waals surface area contributed by atoms with Gasteiger partial charge in [0.1, 0.15) is 6.61 Å². The highest BCUT2D eigenvalue weighted by Gasteiger charge is 2.06. The van der Waals surface area contributed by atoms with Crippen LogP contribution in [0.2, 0.25) is 5.02 Å². The van der Waals surface area contributed by atoms with Gasteiger partial charge in [-0.2, -0.15) is 0 Å². The minimum atomic E-state index is -0.351. The first-order chi connectivity index (χ1) is 9.04. The van der Waals surface area contributed by atoms with Gasteiger partial charge >= 0.3 is 5.97 Å². The maximum absolute atomic E-state index is 11.0. The molecule has 0 heterocycles. The topological polar surface area (TPSA) is 47.6 Å². The normalized spacial score (nSPS) is 10.3. The molecule has 7 heteroatoms. The molecule has 4 nitrogen and oxygen atoms in total. The molecule has 0 saturated carbocycles. The molecule has 0 amide bonds. The summed E-state index contributed by atoms with van der Waals surface area (Å²) in [5, 5.41) is 3.83. The Morgan fingerprint density at radius 3 is 2.58 bits per heavy atom. The highest BCUT2D eigenvalue weighted by Crippen LogP contribution is 2.33. The summed E-state index contributed by atoms with van der Waals surface area (Å²) in [7, 11) is 0. The van der Waals surface area contributed by atoms with Crippen LogP contribution in [0, 0.1) is 0 Å². The summed E-state index contributed by atoms with van der Waals surface area (Å²) in [5.74, 6) is -0.351. The molecule has 1 aromatic rings. The zero-order valence-electron chi connectivity index (χ0n) is 10.3. The van der Waals surface area contributed by atoms with Crippen molar-refractivity contribution in [1.82, 2.24) is 0 Å². The van der Waals surface area contributed by atoms with Crippen LogP contribution in [0.1, 0.15) is 6.92 Å². The molecule has 19 heavy (non-hydrogen) atoms. The quantitative estimate of drug-likeness (QED) is 0.543. The van der Waals surface area contributed by atoms with Crippen LogP contribution >= 0.6 is 43.5 Å². The van der Waals surface area contributed by atoms with Crippen LogP contribution < -0.4 is 5.32 Å². The van der Waals surface area contributed by atoms with E-state index < -0.39 is 0 Å². The molecule has 0 atom stereocenters. The lowest BCUT2D eigenvalue weighted by molar-refractivity contribution is -0.148. The van der Waals surface area contributed by atoms with Gasteiger partial charge in [-0.25, -0.2) is 4.79 Å². The number of halogens is 3. The first kappa shape index (κ1) is 16.8. The Morgan fingerprint density at radius 1 is 1.37 bits per heavy atom. The van der Waals surface area contributed by atoms with Crippen molar-refractivity contribution in [2.75, 3.05) is 31.7 Å². The molecule has 0 bridgehead atoms. The van der Waals surface area contributed by atoms with E-state index in [1.54, 1.807) is 19.1 Å². The lowest BCUT2D eigenvalue weighted by atomic mass is 10.3. The first-order valence-electron chi connectivity index (χ1n) is 5.66. The third-order valence-corrected chi connectivity index (χ3v) is 3.55. The molecular weight excluding hydrogens is 401 g/mol. The molecule has 0 unspecified atom stereocenters. The predicted octanol–water partition coefficient (Wildman–Crippen LogP) is 3.86. The molecule has 1 N–H and O–H groups in total. The van der Waals surface area contributed by atoms with Crippen molar-refractivity contribution in [2.45, 2.75) is 6.92 Å². The molecule has 0 aliphatic carbocycles. The van der Waals surface area contributed by atoms with Crippen molar-refractivity contribution in [3.8, 4) is 0 Å². The van der Waals surface area contributed by atoms with Crippen LogP contribution in [0.25, 0.3) is 0 Å². The van der Waals surface area contributed by atoms with E-state index in [0.717, 1.165) is 14.6 Å². The van der Waals surface area contributed by atoms with Gasteiger partial charge in [0.05, 0.1) is 18.9 Å². The average Bonchev–Trinajstić information content (AvgIpc) is 2.31. The average molecular weight is 416 g/mol. The number of anilines is 1. The molecule has 0 spiro atoms. The Balaban J connectivity index is 2.32. The van der Waals surface area contributed by atoms with E-state index in [2.05, 4.69) is 37.2 Å². The van der Waals surface area contributed by atoms with Crippen molar-refractivity contribution in [3.63, 3.8) is 0 Å². The van der Waals surface area contributed by atoms with Gasteiger partial charge in [0, 0.05) is 20.5 Å². The van der Waals surface area contributed by atoms with E-state index in [-0.39, 0.29) is 12.6 Å². The first-order valence-corrected chi connectivity index (χ1v) is 7.62. The van der Waals surface area contributed by atoms with Crippen LogP contribution in [0.4, 0.5) is 5.69 Å². The number of hydrogen-bond acceptors (Lipinski definition) is 4. The van der Waals surface area contributed by atoms with Crippen LogP contribution in [-0.4, -0.2) is 32.3 Å². The largest absolute Gasteiger partial charge is 0.464 e. The minimum absolute atomic E-state index is 0.0293. The van der Waals surface area contributed by atoms with E-state index in [0.29, 0.717) is 24.8 Å². The van der Waals surface area contributed by atoms with Gasteiger partial charge in [0.15, 0.2) is 0 Å². The molecule has 0 saturated heterocycles. The number of carbonyl (C=O) groups is 1. The van der Waals surface area contributed by atoms with E-state index in [4.69, 9.17) is 21.1 Å². The summed E-state index contributed by atoms with van der Waals surface area (Å²) in [5.41, 5.74) is 0.893. The molecular formula is C12H14Br2ClNO3. The molecule has 0 aliphatic rings. The summed E-state index contributed by atoms with van der Waals surface area (Å²) < 4.78 is 11.6. The number of benzene rings is 1. The summed E-state index contributed by atoms with van der Waals surface area (Å²) in [6.45, 7) is 3.07. The molecule has 0 radical (unpaired) electrons. The van der Waals surface area contributed by atoms with Crippen molar-refractivity contribution in [1.29, 1.82) is 0 Å². The lowest BCUT2D eigenvalue weighted by Crippen LogP contribution is -2.16. The molecule has 1 rings (SSSR count). The van der Waals surface area contributed by atoms with Crippen LogP contribution in [-0.2, 0) is 14.3 Å². The monoisotopic (exact) mass is 413 g/mol. The second-order valence-electron chi connectivity index (χ2n) is 3.53. The van der Waals surface area contributed by atoms with Gasteiger partial charge in [-0.3, -0.25) is 0 Å². The predicted molar refractivity (Wildman–Crippen MR) is 82.8 cm³/mol. The van der Waals surface area contributed by atoms with Gasteiger partial charge in [0.2, 0.25) is 0 Å². The number of nitrogens with one attached hydrogen (secondary N) is 1. The lowest BCUT2D eigenvalue weighted by Gasteiger charge is -2.11. The van der Waals surface area contributed by atoms with Crippen LogP contribution in [0.3, 0.4) is 0 Å². The molecule has 1 aromatic carbocycles. The maximum atomic E-state index is 11.0. The van der Waals surface area contributed by atoms with Crippen LogP contribution in [0.15, 0.2) is 21.1 Å². The Labute approximate surface area is 134 Å². The number of ether oxygens (including phenoxy) is 2. The van der Waals surface area contributed by atoms with E-state index in [9.17, 15) is 4.79 Å². The summed E-state index contributed by atoms with van der Waals surface area (Å²) >= 11 is 12.7. The van der Waals surface area contributed by atoms with E-state index in [1.807, 2.05) is 0 Å². The van der Waals surface area contributed by atoms with E-state index >= 15 is 0 Å². The minimum Gasteiger partial charge on any atom is -0.464 e. The third kappa shape index (κ3) is 6.12. The molecule has 0 aliphatic heterocycles. The standard InChI is InChI=1S/C12H14Br2ClNO3/c1-2-19-11(17)7-18-4-3-16-12-9(13)5-8(15)6-10(12)14/h5-6,16H,2-4,7H2,1H3. The SMILES string of the molecule is CCOC(=O)COCCNc1c(Br)cc(Cl)cc1Br. The zero-order valence-corrected chi connectivity index (χ0v) is 14.3. The third-order valence-electron chi connectivity index (χ3n) is 2.08. The summed E-state index contributed by atoms with van der Waals surface area (Å²) in [4.78, 5) is 11.0. The highest BCUT2D eigenvalue weighted by atomic mass is 79.9. The second-order valence-corrected chi connectivity index (χ2v) is 5.67. The van der Waals surface area contributed by atoms with E-state index in [1.165, 1.54) is 0 Å². The van der Waals surface area contributed by atoms with Gasteiger partial charge in [0.25, 0.3) is 0 Å². The fourth-order valence-electron chi connectivity index (χ4n) is 1.32. The van der Waals surface area contributed by atoms with Gasteiger partial charge in [-0.15, -0.1) is 0 Å². The zero-order chi connectivity index (χ0) is 14.3. The Morgan fingerprint density at radius 2 is 2.00 bits per heavy atom. The fraction of sp³-hybridized carbons (Fsp3) is 0.417. The van der Waals surface area contributed by atoms with Gasteiger partial charge < -0.3 is 14.8 Å². The highest BCUT2D eigenvalue weighted by molar-refractivity contribution is 9.11. The van der Waals surface area contributed by atoms with Crippen LogP contribution in [0.5, 0.6) is 0 Å². The van der Waals surface area contributed by atoms with Gasteiger partial charge in [-0.05, 0) is 50.9 Å². The summed E-state index contributed by atoms with van der Waals surface area (Å²) in [6, 6.07) is 3.60. The molecule has 0 fully saturated rings. The number of hydrogen-bond donors (Lipinski definition) is 1. The maximum Gasteiger partial charge on any atom is 0.332 e. The Hall–Kier alpha value is -0.300. The second kappa shape index (κ2) is 8.79. The van der Waals surface area contributed by atoms with Crippen molar-refractivity contribution in [3.05, 3.63) is 26.1 Å². The van der Waals surface area contributed by atoms with Crippen molar-refractivity contribution >= 4 is 55.1 Å². The molecule has 106 valence electrons. The Kier molecular flexibility index (Phi) is 7.75. The number of rotatable bonds is 7. The van der Waals surface area contributed by atoms with Gasteiger partial charge in [-0.1, -0.05) is 11.6 Å². The smallest absolute Gasteiger partial charge is 0.332 e. The van der Waals surface area contributed by atoms with Crippen molar-refractivity contribution in [2.24, 2.45) is 0 Å². The number of carbonyl (C=O) groups excluding carboxylic acids is 1. The number of esters is 1. The fourth-order valence-corrected chi connectivity index (χ4v) is 3.27. The van der Waals surface area contributed by atoms with Crippen molar-refractivity contribution < 1.29 is 14.3 Å². The summed E-state index contributed by atoms with van der Waals surface area (Å²) in [6.07, 6.45) is 0. The Bertz CT molecular complexity index is 420. The molecule has 0 aromatic heterocycles.